The van der Waals surface area contributed by atoms with E-state index in [9.17, 15) is 4.79 Å². The number of ether oxygens (including phenoxy) is 3. The standard InChI is InChI=1S/C18H19BrN2O5/c1-24-15-6-4-3-5-13(15)10-21-20-9-12-7-14(19)18(16(8-12)25-2)26-11-17(22)23/h3-9,21H,10-11H2,1-2H3,(H,22,23)/b20-9-. The molecule has 0 saturated carbocycles. The van der Waals surface area contributed by atoms with Crippen molar-refractivity contribution in [2.45, 2.75) is 6.54 Å². The van der Waals surface area contributed by atoms with E-state index in [4.69, 9.17) is 19.3 Å². The highest BCUT2D eigenvalue weighted by molar-refractivity contribution is 9.10. The predicted molar refractivity (Wildman–Crippen MR) is 101 cm³/mol. The zero-order chi connectivity index (χ0) is 18.9. The molecule has 7 nitrogen and oxygen atoms in total. The summed E-state index contributed by atoms with van der Waals surface area (Å²) in [6.07, 6.45) is 1.63. The number of methoxy groups -OCH3 is 2. The summed E-state index contributed by atoms with van der Waals surface area (Å²) in [5.74, 6) is 0.463. The van der Waals surface area contributed by atoms with Gasteiger partial charge >= 0.3 is 5.97 Å². The van der Waals surface area contributed by atoms with Crippen LogP contribution in [0.15, 0.2) is 46.0 Å². The Balaban J connectivity index is 2.05. The van der Waals surface area contributed by atoms with Gasteiger partial charge in [-0.05, 0) is 39.7 Å². The summed E-state index contributed by atoms with van der Waals surface area (Å²) >= 11 is 3.36. The topological polar surface area (TPSA) is 89.4 Å². The molecule has 0 radical (unpaired) electrons. The number of aliphatic carboxylic acids is 1. The Bertz CT molecular complexity index is 795. The molecule has 0 fully saturated rings. The molecule has 0 aliphatic heterocycles. The van der Waals surface area contributed by atoms with E-state index < -0.39 is 12.6 Å². The first-order valence-corrected chi connectivity index (χ1v) is 8.44. The van der Waals surface area contributed by atoms with Crippen LogP contribution in [-0.2, 0) is 11.3 Å². The molecule has 0 spiro atoms. The van der Waals surface area contributed by atoms with Crippen molar-refractivity contribution >= 4 is 28.1 Å². The molecular formula is C18H19BrN2O5. The monoisotopic (exact) mass is 422 g/mol. The minimum Gasteiger partial charge on any atom is -0.496 e. The molecule has 0 aromatic heterocycles. The Kier molecular flexibility index (Phi) is 7.28. The maximum absolute atomic E-state index is 10.7. The van der Waals surface area contributed by atoms with Gasteiger partial charge in [0.25, 0.3) is 0 Å². The van der Waals surface area contributed by atoms with Crippen molar-refractivity contribution < 1.29 is 24.1 Å². The van der Waals surface area contributed by atoms with E-state index in [0.29, 0.717) is 22.5 Å². The maximum Gasteiger partial charge on any atom is 0.341 e. The molecule has 138 valence electrons. The molecular weight excluding hydrogens is 404 g/mol. The van der Waals surface area contributed by atoms with Crippen LogP contribution in [0.4, 0.5) is 0 Å². The fourth-order valence-corrected chi connectivity index (χ4v) is 2.76. The van der Waals surface area contributed by atoms with E-state index >= 15 is 0 Å². The summed E-state index contributed by atoms with van der Waals surface area (Å²) in [4.78, 5) is 10.7. The summed E-state index contributed by atoms with van der Waals surface area (Å²) in [6, 6.07) is 11.1. The SMILES string of the molecule is COc1ccccc1CN/N=C\c1cc(Br)c(OCC(=O)O)c(OC)c1. The average molecular weight is 423 g/mol. The number of hydrogen-bond donors (Lipinski definition) is 2. The number of hydrazone groups is 1. The van der Waals surface area contributed by atoms with Gasteiger partial charge in [-0.2, -0.15) is 5.10 Å². The number of benzene rings is 2. The van der Waals surface area contributed by atoms with E-state index in [0.717, 1.165) is 16.9 Å². The molecule has 0 saturated heterocycles. The highest BCUT2D eigenvalue weighted by Crippen LogP contribution is 2.36. The number of carboxylic acids is 1. The van der Waals surface area contributed by atoms with Crippen LogP contribution < -0.4 is 19.6 Å². The van der Waals surface area contributed by atoms with Gasteiger partial charge in [0.1, 0.15) is 5.75 Å². The molecule has 0 bridgehead atoms. The molecule has 2 aromatic carbocycles. The van der Waals surface area contributed by atoms with Crippen LogP contribution in [0.25, 0.3) is 0 Å². The zero-order valence-corrected chi connectivity index (χ0v) is 15.9. The number of nitrogens with zero attached hydrogens (tertiary/aromatic N) is 1. The first-order chi connectivity index (χ1) is 12.5. The first kappa shape index (κ1) is 19.6. The van der Waals surface area contributed by atoms with E-state index in [1.807, 2.05) is 24.3 Å². The third-order valence-corrected chi connectivity index (χ3v) is 3.95. The van der Waals surface area contributed by atoms with E-state index in [1.54, 1.807) is 25.5 Å². The number of halogens is 1. The van der Waals surface area contributed by atoms with Crippen LogP contribution >= 0.6 is 15.9 Å². The summed E-state index contributed by atoms with van der Waals surface area (Å²) in [5, 5.41) is 12.9. The number of rotatable bonds is 9. The molecule has 0 amide bonds. The lowest BCUT2D eigenvalue weighted by atomic mass is 10.2. The highest BCUT2D eigenvalue weighted by atomic mass is 79.9. The molecule has 2 rings (SSSR count). The number of hydrogen-bond acceptors (Lipinski definition) is 6. The van der Waals surface area contributed by atoms with Crippen molar-refractivity contribution in [3.63, 3.8) is 0 Å². The summed E-state index contributed by atoms with van der Waals surface area (Å²) in [6.45, 7) is 0.0570. The quantitative estimate of drug-likeness (QED) is 0.476. The van der Waals surface area contributed by atoms with Gasteiger partial charge in [0.15, 0.2) is 18.1 Å². The molecule has 0 unspecified atom stereocenters. The summed E-state index contributed by atoms with van der Waals surface area (Å²) in [7, 11) is 3.11. The summed E-state index contributed by atoms with van der Waals surface area (Å²) in [5.41, 5.74) is 4.70. The molecule has 2 aromatic rings. The van der Waals surface area contributed by atoms with Crippen LogP contribution in [0.5, 0.6) is 17.2 Å². The van der Waals surface area contributed by atoms with Gasteiger partial charge in [-0.15, -0.1) is 0 Å². The van der Waals surface area contributed by atoms with Crippen molar-refractivity contribution in [3.05, 3.63) is 52.0 Å². The fourth-order valence-electron chi connectivity index (χ4n) is 2.19. The van der Waals surface area contributed by atoms with Crippen LogP contribution in [0.1, 0.15) is 11.1 Å². The minimum atomic E-state index is -1.06. The second kappa shape index (κ2) is 9.67. The Morgan fingerprint density at radius 1 is 1.23 bits per heavy atom. The van der Waals surface area contributed by atoms with Gasteiger partial charge in [0.05, 0.1) is 31.5 Å². The number of carbonyl (C=O) groups is 1. The van der Waals surface area contributed by atoms with Gasteiger partial charge in [0.2, 0.25) is 0 Å². The van der Waals surface area contributed by atoms with Crippen LogP contribution in [0.2, 0.25) is 0 Å². The number of carboxylic acid groups (broad SMARTS) is 1. The molecule has 0 heterocycles. The Morgan fingerprint density at radius 3 is 2.65 bits per heavy atom. The third-order valence-electron chi connectivity index (χ3n) is 3.36. The van der Waals surface area contributed by atoms with Gasteiger partial charge in [0, 0.05) is 5.56 Å². The minimum absolute atomic E-state index is 0.328. The van der Waals surface area contributed by atoms with Crippen molar-refractivity contribution in [2.24, 2.45) is 5.10 Å². The lowest BCUT2D eigenvalue weighted by Crippen LogP contribution is -2.10. The van der Waals surface area contributed by atoms with E-state index in [-0.39, 0.29) is 0 Å². The highest BCUT2D eigenvalue weighted by Gasteiger charge is 2.12. The van der Waals surface area contributed by atoms with Gasteiger partial charge in [-0.3, -0.25) is 0 Å². The van der Waals surface area contributed by atoms with Gasteiger partial charge in [-0.1, -0.05) is 18.2 Å². The summed E-state index contributed by atoms with van der Waals surface area (Å²) < 4.78 is 16.4. The number of nitrogens with one attached hydrogen (secondary N) is 1. The zero-order valence-electron chi connectivity index (χ0n) is 14.4. The Hall–Kier alpha value is -2.74. The normalized spacial score (nSPS) is 10.6. The smallest absolute Gasteiger partial charge is 0.341 e. The van der Waals surface area contributed by atoms with Crippen molar-refractivity contribution in [3.8, 4) is 17.2 Å². The molecule has 26 heavy (non-hydrogen) atoms. The van der Waals surface area contributed by atoms with Crippen LogP contribution in [-0.4, -0.2) is 38.1 Å². The van der Waals surface area contributed by atoms with E-state index in [2.05, 4.69) is 26.5 Å². The molecule has 0 aliphatic carbocycles. The van der Waals surface area contributed by atoms with Crippen molar-refractivity contribution in [1.29, 1.82) is 0 Å². The van der Waals surface area contributed by atoms with Gasteiger partial charge in [-0.25, -0.2) is 4.79 Å². The largest absolute Gasteiger partial charge is 0.496 e. The Labute approximate surface area is 159 Å². The lowest BCUT2D eigenvalue weighted by Gasteiger charge is -2.12. The molecule has 0 aliphatic rings. The fraction of sp³-hybridized carbons (Fsp3) is 0.222. The van der Waals surface area contributed by atoms with Crippen LogP contribution in [0.3, 0.4) is 0 Å². The molecule has 8 heteroatoms. The predicted octanol–water partition coefficient (Wildman–Crippen LogP) is 3.05. The first-order valence-electron chi connectivity index (χ1n) is 7.65. The van der Waals surface area contributed by atoms with Crippen molar-refractivity contribution in [2.75, 3.05) is 20.8 Å². The lowest BCUT2D eigenvalue weighted by molar-refractivity contribution is -0.139. The maximum atomic E-state index is 10.7. The van der Waals surface area contributed by atoms with Crippen molar-refractivity contribution in [1.82, 2.24) is 5.43 Å². The number of para-hydroxylation sites is 1. The molecule has 0 atom stereocenters. The van der Waals surface area contributed by atoms with E-state index in [1.165, 1.54) is 7.11 Å². The second-order valence-electron chi connectivity index (χ2n) is 5.12. The van der Waals surface area contributed by atoms with Gasteiger partial charge < -0.3 is 24.7 Å². The van der Waals surface area contributed by atoms with Crippen LogP contribution in [0, 0.1) is 0 Å². The molecule has 2 N–H and O–H groups in total. The second-order valence-corrected chi connectivity index (χ2v) is 5.98. The average Bonchev–Trinajstić information content (AvgIpc) is 2.64. The Morgan fingerprint density at radius 2 is 1.96 bits per heavy atom. The third kappa shape index (κ3) is 5.38.